The molecule has 0 rings (SSSR count). The van der Waals surface area contributed by atoms with Crippen LogP contribution in [0.1, 0.15) is 0 Å². The maximum Gasteiger partial charge on any atom is 0.0585 e. The Hall–Kier alpha value is -0.600. The van der Waals surface area contributed by atoms with Gasteiger partial charge in [0.2, 0.25) is 0 Å². The van der Waals surface area contributed by atoms with E-state index in [1.54, 1.807) is 0 Å². The zero-order valence-corrected chi connectivity index (χ0v) is 9.21. The monoisotopic (exact) mass is 229 g/mol. The van der Waals surface area contributed by atoms with E-state index in [-0.39, 0.29) is 5.92 Å². The van der Waals surface area contributed by atoms with Crippen molar-refractivity contribution < 1.29 is 0 Å². The van der Waals surface area contributed by atoms with Gasteiger partial charge >= 0.3 is 0 Å². The molecule has 0 amide bonds. The molecule has 0 aromatic rings. The summed E-state index contributed by atoms with van der Waals surface area (Å²) in [6.45, 7) is 1.60. The molecule has 0 bridgehead atoms. The highest BCUT2D eigenvalue weighted by molar-refractivity contribution is 7.78. The molecule has 0 aliphatic carbocycles. The number of isothiocyanates is 3. The topological polar surface area (TPSA) is 37.1 Å². The lowest BCUT2D eigenvalue weighted by Gasteiger charge is -2.04. The fourth-order valence-corrected chi connectivity index (χ4v) is 0.896. The molecule has 6 heteroatoms. The van der Waals surface area contributed by atoms with E-state index in [0.717, 1.165) is 0 Å². The molecule has 0 aromatic heterocycles. The van der Waals surface area contributed by atoms with E-state index in [4.69, 9.17) is 0 Å². The smallest absolute Gasteiger partial charge is 0.0585 e. The average Bonchev–Trinajstić information content (AvgIpc) is 2.17. The molecule has 0 heterocycles. The lowest BCUT2D eigenvalue weighted by molar-refractivity contribution is 0.571. The molecular formula is C7H7N3S3. The van der Waals surface area contributed by atoms with E-state index < -0.39 is 0 Å². The number of thiocarbonyl (C=S) groups is 3. The van der Waals surface area contributed by atoms with Crippen molar-refractivity contribution >= 4 is 52.1 Å². The first-order chi connectivity index (χ1) is 6.35. The normalized spacial score (nSPS) is 10.2. The maximum absolute atomic E-state index is 4.45. The Bertz CT molecular complexity index is 236. The first-order valence-electron chi connectivity index (χ1n) is 3.46. The lowest BCUT2D eigenvalue weighted by Crippen LogP contribution is -2.12. The predicted octanol–water partition coefficient (Wildman–Crippen LogP) is 1.91. The molecular weight excluding hydrogens is 222 g/mol. The minimum absolute atomic E-state index is 0.154. The highest BCUT2D eigenvalue weighted by atomic mass is 32.1. The Morgan fingerprint density at radius 3 is 1.31 bits per heavy atom. The minimum atomic E-state index is 0.154. The van der Waals surface area contributed by atoms with Crippen LogP contribution in [0, 0.1) is 5.92 Å². The molecule has 0 aliphatic rings. The van der Waals surface area contributed by atoms with Gasteiger partial charge in [-0.25, -0.2) is 15.0 Å². The number of hydrogen-bond acceptors (Lipinski definition) is 6. The van der Waals surface area contributed by atoms with Gasteiger partial charge in [0.15, 0.2) is 0 Å². The number of rotatable bonds is 6. The van der Waals surface area contributed by atoms with Gasteiger partial charge in [-0.3, -0.25) is 0 Å². The van der Waals surface area contributed by atoms with Gasteiger partial charge in [0.1, 0.15) is 0 Å². The van der Waals surface area contributed by atoms with Crippen molar-refractivity contribution in [3.05, 3.63) is 0 Å². The Kier molecular flexibility index (Phi) is 9.05. The summed E-state index contributed by atoms with van der Waals surface area (Å²) in [5, 5.41) is 6.85. The first kappa shape index (κ1) is 12.4. The Labute approximate surface area is 92.7 Å². The maximum atomic E-state index is 4.45. The lowest BCUT2D eigenvalue weighted by atomic mass is 10.1. The molecule has 0 aliphatic heterocycles. The molecule has 0 saturated carbocycles. The molecule has 0 aromatic carbocycles. The van der Waals surface area contributed by atoms with Gasteiger partial charge in [-0.1, -0.05) is 0 Å². The van der Waals surface area contributed by atoms with Crippen LogP contribution < -0.4 is 0 Å². The summed E-state index contributed by atoms with van der Waals surface area (Å²) in [4.78, 5) is 11.4. The second kappa shape index (κ2) is 9.49. The van der Waals surface area contributed by atoms with Crippen molar-refractivity contribution in [1.82, 2.24) is 0 Å². The predicted molar refractivity (Wildman–Crippen MR) is 63.2 cm³/mol. The zero-order chi connectivity index (χ0) is 9.94. The summed E-state index contributed by atoms with van der Waals surface area (Å²) in [6.07, 6.45) is 0. The third-order valence-electron chi connectivity index (χ3n) is 1.24. The standard InChI is InChI=1S/C7H7N3S3/c11-4-8-1-7(2-9-5-12)3-10-6-13/h7H,1-3H2. The number of aliphatic imine (C=N–C) groups is 3. The molecule has 0 atom stereocenters. The summed E-state index contributed by atoms with van der Waals surface area (Å²) in [6, 6.07) is 0. The summed E-state index contributed by atoms with van der Waals surface area (Å²) in [5.41, 5.74) is 0. The molecule has 3 nitrogen and oxygen atoms in total. The van der Waals surface area contributed by atoms with Gasteiger partial charge in [-0.15, -0.1) is 0 Å². The van der Waals surface area contributed by atoms with Gasteiger partial charge in [0.05, 0.1) is 35.1 Å². The van der Waals surface area contributed by atoms with E-state index in [2.05, 4.69) is 67.1 Å². The van der Waals surface area contributed by atoms with Gasteiger partial charge < -0.3 is 0 Å². The first-order valence-corrected chi connectivity index (χ1v) is 4.68. The molecule has 0 N–H and O–H groups in total. The van der Waals surface area contributed by atoms with Gasteiger partial charge in [0.25, 0.3) is 0 Å². The molecule has 13 heavy (non-hydrogen) atoms. The fourth-order valence-electron chi connectivity index (χ4n) is 0.672. The van der Waals surface area contributed by atoms with E-state index in [1.165, 1.54) is 0 Å². The third-order valence-corrected chi connectivity index (χ3v) is 1.63. The van der Waals surface area contributed by atoms with Gasteiger partial charge in [-0.2, -0.15) is 0 Å². The Morgan fingerprint density at radius 1 is 0.769 bits per heavy atom. The SMILES string of the molecule is S=C=NCC(CN=C=S)CN=C=S. The van der Waals surface area contributed by atoms with E-state index in [1.807, 2.05) is 0 Å². The molecule has 0 fully saturated rings. The van der Waals surface area contributed by atoms with Crippen LogP contribution in [0.15, 0.2) is 15.0 Å². The van der Waals surface area contributed by atoms with Crippen molar-refractivity contribution in [3.8, 4) is 0 Å². The quantitative estimate of drug-likeness (QED) is 0.516. The summed E-state index contributed by atoms with van der Waals surface area (Å²) in [7, 11) is 0. The van der Waals surface area contributed by atoms with Crippen molar-refractivity contribution in [2.75, 3.05) is 19.6 Å². The minimum Gasteiger partial charge on any atom is -0.232 e. The van der Waals surface area contributed by atoms with Crippen LogP contribution in [0.3, 0.4) is 0 Å². The van der Waals surface area contributed by atoms with Crippen molar-refractivity contribution in [1.29, 1.82) is 0 Å². The summed E-state index contributed by atoms with van der Waals surface area (Å²) in [5.74, 6) is 0.154. The largest absolute Gasteiger partial charge is 0.232 e. The van der Waals surface area contributed by atoms with E-state index in [0.29, 0.717) is 19.6 Å². The van der Waals surface area contributed by atoms with Crippen LogP contribution in [0.2, 0.25) is 0 Å². The number of nitrogens with zero attached hydrogens (tertiary/aromatic N) is 3. The summed E-state index contributed by atoms with van der Waals surface area (Å²) < 4.78 is 0. The molecule has 0 saturated heterocycles. The van der Waals surface area contributed by atoms with Crippen LogP contribution in [0.5, 0.6) is 0 Å². The second-order valence-electron chi connectivity index (χ2n) is 2.16. The zero-order valence-electron chi connectivity index (χ0n) is 6.77. The van der Waals surface area contributed by atoms with Crippen molar-refractivity contribution in [2.45, 2.75) is 0 Å². The average molecular weight is 229 g/mol. The summed E-state index contributed by atoms with van der Waals surface area (Å²) >= 11 is 13.3. The van der Waals surface area contributed by atoms with Crippen molar-refractivity contribution in [3.63, 3.8) is 0 Å². The van der Waals surface area contributed by atoms with Crippen LogP contribution in [-0.2, 0) is 0 Å². The Balaban J connectivity index is 4.07. The third kappa shape index (κ3) is 7.75. The molecule has 68 valence electrons. The second-order valence-corrected chi connectivity index (χ2v) is 2.71. The highest BCUT2D eigenvalue weighted by Gasteiger charge is 2.05. The Morgan fingerprint density at radius 2 is 1.08 bits per heavy atom. The van der Waals surface area contributed by atoms with Crippen LogP contribution in [0.25, 0.3) is 0 Å². The van der Waals surface area contributed by atoms with Crippen LogP contribution >= 0.6 is 36.7 Å². The van der Waals surface area contributed by atoms with E-state index >= 15 is 0 Å². The van der Waals surface area contributed by atoms with Crippen LogP contribution in [-0.4, -0.2) is 35.1 Å². The van der Waals surface area contributed by atoms with Crippen LogP contribution in [0.4, 0.5) is 0 Å². The molecule has 0 unspecified atom stereocenters. The van der Waals surface area contributed by atoms with E-state index in [9.17, 15) is 0 Å². The molecule has 0 spiro atoms. The highest BCUT2D eigenvalue weighted by Crippen LogP contribution is 1.98. The van der Waals surface area contributed by atoms with Crippen molar-refractivity contribution in [2.24, 2.45) is 20.9 Å². The van der Waals surface area contributed by atoms with Gasteiger partial charge in [-0.05, 0) is 36.7 Å². The fraction of sp³-hybridized carbons (Fsp3) is 0.571. The molecule has 0 radical (unpaired) electrons. The number of hydrogen-bond donors (Lipinski definition) is 0. The van der Waals surface area contributed by atoms with Gasteiger partial charge in [0, 0.05) is 5.92 Å².